The number of phenols is 1. The Morgan fingerprint density at radius 1 is 1.27 bits per heavy atom. The molecule has 0 bridgehead atoms. The van der Waals surface area contributed by atoms with Crippen molar-refractivity contribution in [2.24, 2.45) is 0 Å². The molecule has 0 radical (unpaired) electrons. The lowest BCUT2D eigenvalue weighted by atomic mass is 10.1. The van der Waals surface area contributed by atoms with Gasteiger partial charge < -0.3 is 20.6 Å². The van der Waals surface area contributed by atoms with Gasteiger partial charge in [0.1, 0.15) is 5.75 Å². The predicted molar refractivity (Wildman–Crippen MR) is 74.5 cm³/mol. The van der Waals surface area contributed by atoms with E-state index in [9.17, 15) is 18.3 Å². The van der Waals surface area contributed by atoms with Crippen LogP contribution < -0.4 is 5.32 Å². The molecule has 5 nitrogen and oxygen atoms in total. The van der Waals surface area contributed by atoms with E-state index in [4.69, 9.17) is 15.0 Å². The molecule has 1 aromatic carbocycles. The lowest BCUT2D eigenvalue weighted by Gasteiger charge is -2.12. The Morgan fingerprint density at radius 2 is 1.77 bits per heavy atom. The minimum absolute atomic E-state index is 0.00814. The van der Waals surface area contributed by atoms with Gasteiger partial charge in [-0.15, -0.1) is 0 Å². The Hall–Kier alpha value is -1.80. The van der Waals surface area contributed by atoms with Gasteiger partial charge in [-0.2, -0.15) is 13.2 Å². The number of aliphatic carboxylic acids is 1. The van der Waals surface area contributed by atoms with Gasteiger partial charge in [-0.05, 0) is 30.7 Å². The van der Waals surface area contributed by atoms with Crippen LogP contribution in [0.1, 0.15) is 31.4 Å². The smallest absolute Gasteiger partial charge is 0.389 e. The average Bonchev–Trinajstić information content (AvgIpc) is 2.37. The number of aliphatic hydroxyl groups excluding tert-OH is 1. The molecule has 8 heteroatoms. The van der Waals surface area contributed by atoms with Gasteiger partial charge in [0, 0.05) is 19.9 Å². The lowest BCUT2D eigenvalue weighted by Crippen LogP contribution is -2.23. The van der Waals surface area contributed by atoms with Gasteiger partial charge in [0.25, 0.3) is 5.97 Å². The van der Waals surface area contributed by atoms with Crippen LogP contribution in [-0.2, 0) is 4.79 Å². The summed E-state index contributed by atoms with van der Waals surface area (Å²) in [6, 6.07) is 6.03. The van der Waals surface area contributed by atoms with Gasteiger partial charge in [0.15, 0.2) is 0 Å². The van der Waals surface area contributed by atoms with Crippen LogP contribution in [0.2, 0.25) is 0 Å². The lowest BCUT2D eigenvalue weighted by molar-refractivity contribution is -0.135. The molecule has 0 aliphatic heterocycles. The zero-order chi connectivity index (χ0) is 17.2. The number of alkyl halides is 3. The van der Waals surface area contributed by atoms with Crippen LogP contribution in [0, 0.1) is 0 Å². The van der Waals surface area contributed by atoms with Crippen LogP contribution in [0.15, 0.2) is 24.3 Å². The zero-order valence-electron chi connectivity index (χ0n) is 12.1. The highest BCUT2D eigenvalue weighted by atomic mass is 19.4. The van der Waals surface area contributed by atoms with Crippen molar-refractivity contribution in [3.63, 3.8) is 0 Å². The van der Waals surface area contributed by atoms with Gasteiger partial charge in [-0.3, -0.25) is 4.79 Å². The highest BCUT2D eigenvalue weighted by Gasteiger charge is 2.25. The summed E-state index contributed by atoms with van der Waals surface area (Å²) in [5, 5.41) is 28.9. The van der Waals surface area contributed by atoms with E-state index in [0.29, 0.717) is 5.56 Å². The van der Waals surface area contributed by atoms with E-state index in [1.54, 1.807) is 12.1 Å². The number of nitrogens with one attached hydrogen (secondary N) is 1. The first-order valence-electron chi connectivity index (χ1n) is 6.56. The number of aromatic hydroxyl groups is 1. The SMILES string of the molecule is CC(=O)O.Oc1ccc(C(O)CNCCCC(F)(F)F)cc1. The van der Waals surface area contributed by atoms with Gasteiger partial charge in [0.2, 0.25) is 0 Å². The first-order valence-corrected chi connectivity index (χ1v) is 6.56. The van der Waals surface area contributed by atoms with E-state index in [1.807, 2.05) is 0 Å². The molecule has 1 aromatic rings. The summed E-state index contributed by atoms with van der Waals surface area (Å²) in [4.78, 5) is 9.00. The van der Waals surface area contributed by atoms with E-state index >= 15 is 0 Å². The van der Waals surface area contributed by atoms with Crippen molar-refractivity contribution >= 4 is 5.97 Å². The van der Waals surface area contributed by atoms with Crippen molar-refractivity contribution in [1.82, 2.24) is 5.32 Å². The third-order valence-corrected chi connectivity index (χ3v) is 2.43. The van der Waals surface area contributed by atoms with Gasteiger partial charge in [-0.25, -0.2) is 0 Å². The van der Waals surface area contributed by atoms with E-state index in [2.05, 4.69) is 5.32 Å². The second-order valence-electron chi connectivity index (χ2n) is 4.55. The summed E-state index contributed by atoms with van der Waals surface area (Å²) in [6.45, 7) is 1.47. The maximum atomic E-state index is 11.8. The second-order valence-corrected chi connectivity index (χ2v) is 4.55. The Morgan fingerprint density at radius 3 is 2.23 bits per heavy atom. The Bertz CT molecular complexity index is 431. The van der Waals surface area contributed by atoms with Crippen molar-refractivity contribution in [1.29, 1.82) is 0 Å². The van der Waals surface area contributed by atoms with E-state index in [-0.39, 0.29) is 25.3 Å². The normalized spacial score (nSPS) is 12.2. The monoisotopic (exact) mass is 323 g/mol. The molecule has 0 spiro atoms. The summed E-state index contributed by atoms with van der Waals surface area (Å²) in [5.74, 6) is -0.732. The summed E-state index contributed by atoms with van der Waals surface area (Å²) in [5.41, 5.74) is 0.608. The van der Waals surface area contributed by atoms with Crippen molar-refractivity contribution in [3.8, 4) is 5.75 Å². The molecular weight excluding hydrogens is 303 g/mol. The number of benzene rings is 1. The van der Waals surface area contributed by atoms with Crippen molar-refractivity contribution in [2.45, 2.75) is 32.0 Å². The van der Waals surface area contributed by atoms with Gasteiger partial charge in [0.05, 0.1) is 6.10 Å². The number of hydrogen-bond donors (Lipinski definition) is 4. The largest absolute Gasteiger partial charge is 0.508 e. The molecule has 0 saturated carbocycles. The first-order chi connectivity index (χ1) is 10.1. The van der Waals surface area contributed by atoms with E-state index in [1.165, 1.54) is 12.1 Å². The third kappa shape index (κ3) is 12.0. The quantitative estimate of drug-likeness (QED) is 0.604. The fourth-order valence-electron chi connectivity index (χ4n) is 1.47. The number of rotatable bonds is 6. The molecule has 1 unspecified atom stereocenters. The first kappa shape index (κ1) is 20.2. The van der Waals surface area contributed by atoms with Crippen LogP contribution in [0.5, 0.6) is 5.75 Å². The number of carboxylic acids is 1. The third-order valence-electron chi connectivity index (χ3n) is 2.43. The molecule has 22 heavy (non-hydrogen) atoms. The topological polar surface area (TPSA) is 89.8 Å². The van der Waals surface area contributed by atoms with E-state index in [0.717, 1.165) is 6.92 Å². The van der Waals surface area contributed by atoms with Crippen LogP contribution in [0.3, 0.4) is 0 Å². The number of carbonyl (C=O) groups is 1. The Balaban J connectivity index is 0.000000980. The number of phenolic OH excluding ortho intramolecular Hbond substituents is 1. The fourth-order valence-corrected chi connectivity index (χ4v) is 1.47. The molecule has 126 valence electrons. The molecule has 4 N–H and O–H groups in total. The van der Waals surface area contributed by atoms with Crippen molar-refractivity contribution in [2.75, 3.05) is 13.1 Å². The summed E-state index contributed by atoms with van der Waals surface area (Å²) in [7, 11) is 0. The molecule has 0 aliphatic rings. The summed E-state index contributed by atoms with van der Waals surface area (Å²) >= 11 is 0. The van der Waals surface area contributed by atoms with Crippen molar-refractivity contribution in [3.05, 3.63) is 29.8 Å². The highest BCUT2D eigenvalue weighted by molar-refractivity contribution is 5.62. The summed E-state index contributed by atoms with van der Waals surface area (Å²) in [6.07, 6.45) is -5.75. The highest BCUT2D eigenvalue weighted by Crippen LogP contribution is 2.21. The Labute approximate surface area is 126 Å². The van der Waals surface area contributed by atoms with Crippen LogP contribution >= 0.6 is 0 Å². The Kier molecular flexibility index (Phi) is 9.20. The maximum absolute atomic E-state index is 11.8. The molecule has 1 atom stereocenters. The minimum Gasteiger partial charge on any atom is -0.508 e. The maximum Gasteiger partial charge on any atom is 0.389 e. The van der Waals surface area contributed by atoms with Crippen LogP contribution in [0.4, 0.5) is 13.2 Å². The standard InChI is InChI=1S/C12H16F3NO2.C2H4O2/c13-12(14,15)6-1-7-16-8-11(18)9-2-4-10(17)5-3-9;1-2(3)4/h2-5,11,16-18H,1,6-8H2;1H3,(H,3,4). The van der Waals surface area contributed by atoms with Crippen molar-refractivity contribution < 1.29 is 33.3 Å². The van der Waals surface area contributed by atoms with Crippen LogP contribution in [-0.4, -0.2) is 40.6 Å². The van der Waals surface area contributed by atoms with Gasteiger partial charge >= 0.3 is 6.18 Å². The number of halogens is 3. The molecule has 0 aliphatic carbocycles. The molecule has 0 aromatic heterocycles. The minimum atomic E-state index is -4.13. The fraction of sp³-hybridized carbons (Fsp3) is 0.500. The molecule has 0 fully saturated rings. The number of hydrogen-bond acceptors (Lipinski definition) is 4. The number of carboxylic acid groups (broad SMARTS) is 1. The number of aliphatic hydroxyl groups is 1. The molecule has 0 heterocycles. The molecule has 0 amide bonds. The van der Waals surface area contributed by atoms with Gasteiger partial charge in [-0.1, -0.05) is 12.1 Å². The molecular formula is C14H20F3NO4. The zero-order valence-corrected chi connectivity index (χ0v) is 12.1. The predicted octanol–water partition coefficient (Wildman–Crippen LogP) is 2.45. The molecule has 0 saturated heterocycles. The van der Waals surface area contributed by atoms with Crippen LogP contribution in [0.25, 0.3) is 0 Å². The average molecular weight is 323 g/mol. The molecule has 1 rings (SSSR count). The second kappa shape index (κ2) is 10.0. The van der Waals surface area contributed by atoms with E-state index < -0.39 is 24.7 Å². The summed E-state index contributed by atoms with van der Waals surface area (Å²) < 4.78 is 35.5.